The van der Waals surface area contributed by atoms with Crippen molar-refractivity contribution in [3.63, 3.8) is 0 Å². The molecule has 1 aromatic heterocycles. The van der Waals surface area contributed by atoms with Gasteiger partial charge in [-0.25, -0.2) is 12.7 Å². The second kappa shape index (κ2) is 4.59. The lowest BCUT2D eigenvalue weighted by atomic mass is 10.4. The van der Waals surface area contributed by atoms with Gasteiger partial charge in [0.25, 0.3) is 0 Å². The number of nitrogens with zero attached hydrogens (tertiary/aromatic N) is 2. The summed E-state index contributed by atoms with van der Waals surface area (Å²) in [7, 11) is -1.95. The minimum absolute atomic E-state index is 0.0703. The average molecular weight is 229 g/mol. The Bertz CT molecular complexity index is 431. The van der Waals surface area contributed by atoms with Gasteiger partial charge < -0.3 is 5.73 Å². The predicted octanol–water partition coefficient (Wildman–Crippen LogP) is 0.694. The number of rotatable bonds is 4. The van der Waals surface area contributed by atoms with Gasteiger partial charge in [0.15, 0.2) is 0 Å². The first-order valence-electron chi connectivity index (χ1n) is 4.66. The standard InChI is InChI=1S/C9H15N3O2S/c1-3-6-12(2)15(13,14)9-7-11-5-4-8(9)10/h4-5,7H,3,6H2,1-2H3,(H2,10,11). The predicted molar refractivity (Wildman–Crippen MR) is 58.8 cm³/mol. The molecule has 0 radical (unpaired) electrons. The van der Waals surface area contributed by atoms with Crippen molar-refractivity contribution in [3.8, 4) is 0 Å². The molecule has 0 bridgehead atoms. The van der Waals surface area contributed by atoms with Crippen molar-refractivity contribution in [2.24, 2.45) is 0 Å². The smallest absolute Gasteiger partial charge is 0.246 e. The van der Waals surface area contributed by atoms with Crippen LogP contribution < -0.4 is 5.73 Å². The highest BCUT2D eigenvalue weighted by molar-refractivity contribution is 7.89. The van der Waals surface area contributed by atoms with Gasteiger partial charge in [-0.3, -0.25) is 4.98 Å². The number of nitrogens with two attached hydrogens (primary N) is 1. The molecule has 0 unspecified atom stereocenters. The van der Waals surface area contributed by atoms with Gasteiger partial charge in [-0.2, -0.15) is 0 Å². The summed E-state index contributed by atoms with van der Waals surface area (Å²) in [6.45, 7) is 2.38. The van der Waals surface area contributed by atoms with E-state index in [0.717, 1.165) is 6.42 Å². The van der Waals surface area contributed by atoms with Crippen molar-refractivity contribution in [1.29, 1.82) is 0 Å². The van der Waals surface area contributed by atoms with Gasteiger partial charge in [0.2, 0.25) is 10.0 Å². The van der Waals surface area contributed by atoms with Gasteiger partial charge >= 0.3 is 0 Å². The molecule has 0 aliphatic rings. The molecule has 0 aromatic carbocycles. The Kier molecular flexibility index (Phi) is 3.65. The van der Waals surface area contributed by atoms with E-state index in [2.05, 4.69) is 4.98 Å². The van der Waals surface area contributed by atoms with Crippen molar-refractivity contribution >= 4 is 15.7 Å². The van der Waals surface area contributed by atoms with Gasteiger partial charge in [-0.1, -0.05) is 6.92 Å². The van der Waals surface area contributed by atoms with Crippen LogP contribution in [0.5, 0.6) is 0 Å². The lowest BCUT2D eigenvalue weighted by Gasteiger charge is -2.16. The molecule has 2 N–H and O–H groups in total. The average Bonchev–Trinajstić information content (AvgIpc) is 2.18. The first-order valence-corrected chi connectivity index (χ1v) is 6.10. The summed E-state index contributed by atoms with van der Waals surface area (Å²) < 4.78 is 25.2. The van der Waals surface area contributed by atoms with Crippen LogP contribution in [0.15, 0.2) is 23.4 Å². The van der Waals surface area contributed by atoms with Crippen molar-refractivity contribution in [1.82, 2.24) is 9.29 Å². The van der Waals surface area contributed by atoms with Crippen molar-refractivity contribution in [2.45, 2.75) is 18.2 Å². The summed E-state index contributed by atoms with van der Waals surface area (Å²) in [6.07, 6.45) is 3.50. The van der Waals surface area contributed by atoms with Crippen LogP contribution in [0.2, 0.25) is 0 Å². The fourth-order valence-electron chi connectivity index (χ4n) is 1.21. The molecule has 15 heavy (non-hydrogen) atoms. The van der Waals surface area contributed by atoms with Crippen molar-refractivity contribution < 1.29 is 8.42 Å². The second-order valence-electron chi connectivity index (χ2n) is 3.24. The molecule has 1 rings (SSSR count). The topological polar surface area (TPSA) is 76.3 Å². The normalized spacial score (nSPS) is 11.9. The molecule has 0 fully saturated rings. The quantitative estimate of drug-likeness (QED) is 0.824. The van der Waals surface area contributed by atoms with E-state index in [9.17, 15) is 8.42 Å². The highest BCUT2D eigenvalue weighted by atomic mass is 32.2. The molecule has 6 heteroatoms. The second-order valence-corrected chi connectivity index (χ2v) is 5.25. The summed E-state index contributed by atoms with van der Waals surface area (Å²) in [4.78, 5) is 3.84. The number of anilines is 1. The zero-order chi connectivity index (χ0) is 11.5. The first-order chi connectivity index (χ1) is 7.00. The van der Waals surface area contributed by atoms with Crippen molar-refractivity contribution in [2.75, 3.05) is 19.3 Å². The van der Waals surface area contributed by atoms with Gasteiger partial charge in [-0.15, -0.1) is 0 Å². The Labute approximate surface area is 90.0 Å². The highest BCUT2D eigenvalue weighted by Crippen LogP contribution is 2.19. The van der Waals surface area contributed by atoms with Crippen LogP contribution in [0.4, 0.5) is 5.69 Å². The SMILES string of the molecule is CCCN(C)S(=O)(=O)c1cnccc1N. The van der Waals surface area contributed by atoms with Crippen LogP contribution >= 0.6 is 0 Å². The third kappa shape index (κ3) is 2.45. The van der Waals surface area contributed by atoms with Crippen LogP contribution in [-0.2, 0) is 10.0 Å². The number of sulfonamides is 1. The van der Waals surface area contributed by atoms with E-state index < -0.39 is 10.0 Å². The lowest BCUT2D eigenvalue weighted by Crippen LogP contribution is -2.28. The summed E-state index contributed by atoms with van der Waals surface area (Å²) in [5, 5.41) is 0. The Hall–Kier alpha value is -1.14. The van der Waals surface area contributed by atoms with Gasteiger partial charge in [-0.05, 0) is 12.5 Å². The molecule has 0 saturated heterocycles. The maximum Gasteiger partial charge on any atom is 0.246 e. The highest BCUT2D eigenvalue weighted by Gasteiger charge is 2.22. The summed E-state index contributed by atoms with van der Waals surface area (Å²) in [6, 6.07) is 1.48. The molecule has 84 valence electrons. The van der Waals surface area contributed by atoms with Gasteiger partial charge in [0.1, 0.15) is 4.90 Å². The number of nitrogen functional groups attached to an aromatic ring is 1. The van der Waals surface area contributed by atoms with Crippen LogP contribution in [0.3, 0.4) is 0 Å². The van der Waals surface area contributed by atoms with E-state index in [0.29, 0.717) is 6.54 Å². The van der Waals surface area contributed by atoms with E-state index >= 15 is 0 Å². The summed E-state index contributed by atoms with van der Waals surface area (Å²) >= 11 is 0. The molecule has 1 heterocycles. The van der Waals surface area contributed by atoms with E-state index in [4.69, 9.17) is 5.73 Å². The van der Waals surface area contributed by atoms with Crippen LogP contribution in [0, 0.1) is 0 Å². The molecule has 0 saturated carbocycles. The maximum atomic E-state index is 11.9. The molecule has 0 spiro atoms. The molecule has 0 atom stereocenters. The number of pyridine rings is 1. The Morgan fingerprint density at radius 2 is 2.20 bits per heavy atom. The van der Waals surface area contributed by atoms with E-state index in [1.54, 1.807) is 0 Å². The first kappa shape index (κ1) is 11.9. The largest absolute Gasteiger partial charge is 0.398 e. The monoisotopic (exact) mass is 229 g/mol. The summed E-state index contributed by atoms with van der Waals surface area (Å²) in [5.41, 5.74) is 5.82. The molecular formula is C9H15N3O2S. The van der Waals surface area contributed by atoms with E-state index in [1.807, 2.05) is 6.92 Å². The Morgan fingerprint density at radius 1 is 1.53 bits per heavy atom. The van der Waals surface area contributed by atoms with Crippen LogP contribution in [0.25, 0.3) is 0 Å². The molecule has 5 nitrogen and oxygen atoms in total. The molecule has 1 aromatic rings. The fourth-order valence-corrected chi connectivity index (χ4v) is 2.53. The maximum absolute atomic E-state index is 11.9. The third-order valence-corrected chi connectivity index (χ3v) is 3.94. The zero-order valence-corrected chi connectivity index (χ0v) is 9.66. The Balaban J connectivity index is 3.12. The summed E-state index contributed by atoms with van der Waals surface area (Å²) in [5.74, 6) is 0. The van der Waals surface area contributed by atoms with Crippen LogP contribution in [0.1, 0.15) is 13.3 Å². The van der Waals surface area contributed by atoms with Crippen LogP contribution in [-0.4, -0.2) is 31.3 Å². The number of hydrogen-bond donors (Lipinski definition) is 1. The van der Waals surface area contributed by atoms with E-state index in [1.165, 1.54) is 29.8 Å². The minimum Gasteiger partial charge on any atom is -0.398 e. The zero-order valence-electron chi connectivity index (χ0n) is 8.84. The fraction of sp³-hybridized carbons (Fsp3) is 0.444. The minimum atomic E-state index is -3.49. The van der Waals surface area contributed by atoms with Gasteiger partial charge in [0.05, 0.1) is 5.69 Å². The lowest BCUT2D eigenvalue weighted by molar-refractivity contribution is 0.468. The molecular weight excluding hydrogens is 214 g/mol. The van der Waals surface area contributed by atoms with Crippen molar-refractivity contribution in [3.05, 3.63) is 18.5 Å². The van der Waals surface area contributed by atoms with Gasteiger partial charge in [0, 0.05) is 26.0 Å². The molecule has 0 amide bonds. The molecule has 0 aliphatic carbocycles. The van der Waals surface area contributed by atoms with E-state index in [-0.39, 0.29) is 10.6 Å². The Morgan fingerprint density at radius 3 is 2.73 bits per heavy atom. The number of hydrogen-bond acceptors (Lipinski definition) is 4. The third-order valence-electron chi connectivity index (χ3n) is 2.04. The molecule has 0 aliphatic heterocycles. The number of aromatic nitrogens is 1.